The smallest absolute Gasteiger partial charge is 0.226 e. The maximum atomic E-state index is 11.5. The lowest BCUT2D eigenvalue weighted by Gasteiger charge is -2.39. The van der Waals surface area contributed by atoms with E-state index >= 15 is 0 Å². The van der Waals surface area contributed by atoms with Crippen LogP contribution in [0.5, 0.6) is 0 Å². The summed E-state index contributed by atoms with van der Waals surface area (Å²) in [7, 11) is 0. The predicted molar refractivity (Wildman–Crippen MR) is 58.2 cm³/mol. The number of nitrogens with one attached hydrogen (secondary N) is 1. The van der Waals surface area contributed by atoms with Crippen LogP contribution in [-0.4, -0.2) is 35.8 Å². The molecular formula is C11H20N2O2. The van der Waals surface area contributed by atoms with Gasteiger partial charge in [0, 0.05) is 25.0 Å². The van der Waals surface area contributed by atoms with E-state index in [1.807, 2.05) is 27.7 Å². The van der Waals surface area contributed by atoms with Crippen molar-refractivity contribution in [3.8, 4) is 0 Å². The second-order valence-electron chi connectivity index (χ2n) is 4.76. The highest BCUT2D eigenvalue weighted by molar-refractivity contribution is 5.85. The highest BCUT2D eigenvalue weighted by Gasteiger charge is 2.36. The van der Waals surface area contributed by atoms with E-state index in [1.54, 1.807) is 4.90 Å². The molecule has 1 N–H and O–H groups in total. The minimum atomic E-state index is -0.00454. The van der Waals surface area contributed by atoms with Crippen molar-refractivity contribution in [2.75, 3.05) is 13.1 Å². The summed E-state index contributed by atoms with van der Waals surface area (Å²) in [5.74, 6) is 0.232. The van der Waals surface area contributed by atoms with E-state index in [1.165, 1.54) is 0 Å². The molecule has 0 atom stereocenters. The lowest BCUT2D eigenvalue weighted by Crippen LogP contribution is -2.57. The molecule has 0 radical (unpaired) electrons. The average Bonchev–Trinajstić information content (AvgIpc) is 1.99. The first-order valence-electron chi connectivity index (χ1n) is 5.51. The average molecular weight is 212 g/mol. The van der Waals surface area contributed by atoms with Gasteiger partial charge in [-0.05, 0) is 13.8 Å². The van der Waals surface area contributed by atoms with Crippen LogP contribution < -0.4 is 5.32 Å². The Morgan fingerprint density at radius 1 is 1.20 bits per heavy atom. The van der Waals surface area contributed by atoms with Gasteiger partial charge in [-0.1, -0.05) is 13.8 Å². The van der Waals surface area contributed by atoms with Crippen LogP contribution in [-0.2, 0) is 9.59 Å². The molecule has 1 aliphatic heterocycles. The molecule has 0 unspecified atom stereocenters. The first-order valence-corrected chi connectivity index (χ1v) is 5.51. The fraction of sp³-hybridized carbons (Fsp3) is 0.818. The van der Waals surface area contributed by atoms with Crippen molar-refractivity contribution in [2.45, 2.75) is 33.7 Å². The third-order valence-electron chi connectivity index (χ3n) is 2.49. The van der Waals surface area contributed by atoms with Crippen molar-refractivity contribution in [2.24, 2.45) is 11.8 Å². The second-order valence-corrected chi connectivity index (χ2v) is 4.76. The zero-order valence-corrected chi connectivity index (χ0v) is 9.91. The summed E-state index contributed by atoms with van der Waals surface area (Å²) in [4.78, 5) is 24.8. The highest BCUT2D eigenvalue weighted by atomic mass is 16.2. The molecule has 1 heterocycles. The third kappa shape index (κ3) is 2.94. The molecule has 0 bridgehead atoms. The van der Waals surface area contributed by atoms with Gasteiger partial charge in [0.2, 0.25) is 11.8 Å². The van der Waals surface area contributed by atoms with Gasteiger partial charge < -0.3 is 10.2 Å². The summed E-state index contributed by atoms with van der Waals surface area (Å²) in [5, 5.41) is 2.86. The van der Waals surface area contributed by atoms with Crippen molar-refractivity contribution >= 4 is 11.8 Å². The van der Waals surface area contributed by atoms with Gasteiger partial charge in [-0.15, -0.1) is 0 Å². The van der Waals surface area contributed by atoms with E-state index in [2.05, 4.69) is 5.32 Å². The minimum Gasteiger partial charge on any atom is -0.354 e. The van der Waals surface area contributed by atoms with Gasteiger partial charge in [0.1, 0.15) is 0 Å². The van der Waals surface area contributed by atoms with Crippen LogP contribution in [0.4, 0.5) is 0 Å². The Kier molecular flexibility index (Phi) is 3.72. The van der Waals surface area contributed by atoms with Crippen LogP contribution in [0.2, 0.25) is 0 Å². The zero-order valence-electron chi connectivity index (χ0n) is 9.91. The molecule has 1 rings (SSSR count). The maximum Gasteiger partial charge on any atom is 0.226 e. The normalized spacial score (nSPS) is 16.8. The summed E-state index contributed by atoms with van der Waals surface area (Å²) in [6.07, 6.45) is 0. The Morgan fingerprint density at radius 2 is 1.73 bits per heavy atom. The van der Waals surface area contributed by atoms with Crippen molar-refractivity contribution in [3.63, 3.8) is 0 Å². The molecule has 4 nitrogen and oxygen atoms in total. The van der Waals surface area contributed by atoms with Gasteiger partial charge in [-0.3, -0.25) is 9.59 Å². The monoisotopic (exact) mass is 212 g/mol. The number of carbonyl (C=O) groups is 2. The van der Waals surface area contributed by atoms with E-state index in [9.17, 15) is 9.59 Å². The molecule has 0 aliphatic carbocycles. The van der Waals surface area contributed by atoms with Gasteiger partial charge in [0.25, 0.3) is 0 Å². The Bertz CT molecular complexity index is 255. The molecule has 0 aromatic heterocycles. The van der Waals surface area contributed by atoms with E-state index in [0.29, 0.717) is 13.1 Å². The van der Waals surface area contributed by atoms with Gasteiger partial charge in [0.15, 0.2) is 0 Å². The predicted octanol–water partition coefficient (Wildman–Crippen LogP) is 0.625. The molecule has 86 valence electrons. The first-order chi connectivity index (χ1) is 6.91. The molecule has 1 fully saturated rings. The number of rotatable bonds is 3. The number of nitrogens with zero attached hydrogens (tertiary/aromatic N) is 1. The van der Waals surface area contributed by atoms with Crippen LogP contribution >= 0.6 is 0 Å². The van der Waals surface area contributed by atoms with Crippen molar-refractivity contribution < 1.29 is 9.59 Å². The highest BCUT2D eigenvalue weighted by Crippen LogP contribution is 2.18. The van der Waals surface area contributed by atoms with Crippen molar-refractivity contribution in [3.05, 3.63) is 0 Å². The van der Waals surface area contributed by atoms with E-state index in [-0.39, 0.29) is 29.7 Å². The van der Waals surface area contributed by atoms with Crippen molar-refractivity contribution in [1.82, 2.24) is 10.2 Å². The number of hydrogen-bond acceptors (Lipinski definition) is 2. The van der Waals surface area contributed by atoms with E-state index in [4.69, 9.17) is 0 Å². The summed E-state index contributed by atoms with van der Waals surface area (Å²) in [5.41, 5.74) is 0. The van der Waals surface area contributed by atoms with Crippen LogP contribution in [0.3, 0.4) is 0 Å². The Labute approximate surface area is 91.0 Å². The summed E-state index contributed by atoms with van der Waals surface area (Å²) in [6, 6.07) is 0.173. The SMILES string of the molecule is CC(C)NC(=O)C1CN(C(=O)C(C)C)C1. The molecule has 0 aromatic rings. The third-order valence-corrected chi connectivity index (χ3v) is 2.49. The fourth-order valence-corrected chi connectivity index (χ4v) is 1.59. The topological polar surface area (TPSA) is 49.4 Å². The number of hydrogen-bond donors (Lipinski definition) is 1. The minimum absolute atomic E-state index is 0.00454. The molecule has 4 heteroatoms. The van der Waals surface area contributed by atoms with Crippen molar-refractivity contribution in [1.29, 1.82) is 0 Å². The number of likely N-dealkylation sites (tertiary alicyclic amines) is 1. The van der Waals surface area contributed by atoms with Gasteiger partial charge in [-0.2, -0.15) is 0 Å². The number of carbonyl (C=O) groups excluding carboxylic acids is 2. The van der Waals surface area contributed by atoms with E-state index < -0.39 is 0 Å². The lowest BCUT2D eigenvalue weighted by molar-refractivity contribution is -0.145. The summed E-state index contributed by atoms with van der Waals surface area (Å²) < 4.78 is 0. The van der Waals surface area contributed by atoms with Gasteiger partial charge >= 0.3 is 0 Å². The molecule has 2 amide bonds. The molecule has 0 spiro atoms. The number of amides is 2. The lowest BCUT2D eigenvalue weighted by atomic mass is 9.97. The standard InChI is InChI=1S/C11H20N2O2/c1-7(2)11(15)13-5-9(6-13)10(14)12-8(3)4/h7-9H,5-6H2,1-4H3,(H,12,14). The molecular weight excluding hydrogens is 192 g/mol. The van der Waals surface area contributed by atoms with E-state index in [0.717, 1.165) is 0 Å². The van der Waals surface area contributed by atoms with Crippen LogP contribution in [0.25, 0.3) is 0 Å². The van der Waals surface area contributed by atoms with Gasteiger partial charge in [-0.25, -0.2) is 0 Å². The molecule has 1 aliphatic rings. The zero-order chi connectivity index (χ0) is 11.6. The molecule has 0 saturated carbocycles. The van der Waals surface area contributed by atoms with Crippen LogP contribution in [0.1, 0.15) is 27.7 Å². The fourth-order valence-electron chi connectivity index (χ4n) is 1.59. The first kappa shape index (κ1) is 12.0. The Morgan fingerprint density at radius 3 is 2.13 bits per heavy atom. The summed E-state index contributed by atoms with van der Waals surface area (Å²) in [6.45, 7) is 8.79. The largest absolute Gasteiger partial charge is 0.354 e. The second kappa shape index (κ2) is 4.64. The maximum absolute atomic E-state index is 11.5. The Balaban J connectivity index is 2.31. The summed E-state index contributed by atoms with van der Waals surface area (Å²) >= 11 is 0. The quantitative estimate of drug-likeness (QED) is 0.745. The molecule has 15 heavy (non-hydrogen) atoms. The Hall–Kier alpha value is -1.06. The molecule has 1 saturated heterocycles. The van der Waals surface area contributed by atoms with Crippen LogP contribution in [0.15, 0.2) is 0 Å². The van der Waals surface area contributed by atoms with Gasteiger partial charge in [0.05, 0.1) is 5.92 Å². The molecule has 0 aromatic carbocycles. The van der Waals surface area contributed by atoms with Crippen LogP contribution in [0, 0.1) is 11.8 Å².